The number of rotatable bonds is 7. The minimum absolute atomic E-state index is 0.111. The van der Waals surface area contributed by atoms with Crippen molar-refractivity contribution in [3.63, 3.8) is 0 Å². The average molecular weight is 231 g/mol. The quantitative estimate of drug-likeness (QED) is 0.364. The molecule has 0 aliphatic carbocycles. The monoisotopic (exact) mass is 231 g/mol. The van der Waals surface area contributed by atoms with Crippen molar-refractivity contribution < 1.29 is 14.3 Å². The maximum atomic E-state index is 11.5. The van der Waals surface area contributed by atoms with E-state index in [0.717, 1.165) is 0 Å². The molecule has 1 unspecified atom stereocenters. The molecule has 7 heteroatoms. The Labute approximate surface area is 93.9 Å². The van der Waals surface area contributed by atoms with Gasteiger partial charge in [0.2, 0.25) is 5.91 Å². The molecular formula is C9H17N3O4. The van der Waals surface area contributed by atoms with E-state index in [-0.39, 0.29) is 19.1 Å². The smallest absolute Gasteiger partial charge is 0.325 e. The molecule has 7 nitrogen and oxygen atoms in total. The molecule has 0 aliphatic heterocycles. The Hall–Kier alpha value is -1.66. The second-order valence-electron chi connectivity index (χ2n) is 3.46. The van der Waals surface area contributed by atoms with Crippen LogP contribution in [0.15, 0.2) is 5.29 Å². The maximum absolute atomic E-state index is 11.5. The molecule has 2 N–H and O–H groups in total. The Balaban J connectivity index is 4.10. The summed E-state index contributed by atoms with van der Waals surface area (Å²) in [4.78, 5) is 32.5. The Kier molecular flexibility index (Phi) is 6.82. The third-order valence-electron chi connectivity index (χ3n) is 1.85. The van der Waals surface area contributed by atoms with E-state index >= 15 is 0 Å². The van der Waals surface area contributed by atoms with Crippen molar-refractivity contribution in [1.82, 2.24) is 10.7 Å². The van der Waals surface area contributed by atoms with E-state index in [1.54, 1.807) is 20.8 Å². The van der Waals surface area contributed by atoms with Crippen LogP contribution in [-0.4, -0.2) is 31.1 Å². The number of nitrogens with zero attached hydrogens (tertiary/aromatic N) is 1. The molecule has 16 heavy (non-hydrogen) atoms. The van der Waals surface area contributed by atoms with Crippen molar-refractivity contribution in [3.8, 4) is 0 Å². The fourth-order valence-corrected chi connectivity index (χ4v) is 1.05. The summed E-state index contributed by atoms with van der Waals surface area (Å²) in [5.41, 5.74) is 2.14. The highest BCUT2D eigenvalue weighted by molar-refractivity contribution is 5.85. The second-order valence-corrected chi connectivity index (χ2v) is 3.46. The SMILES string of the molecule is CCOC(=O)CNC(=O)C(NN=O)C(C)C. The van der Waals surface area contributed by atoms with Gasteiger partial charge in [0.15, 0.2) is 0 Å². The Morgan fingerprint density at radius 3 is 2.44 bits per heavy atom. The van der Waals surface area contributed by atoms with Gasteiger partial charge in [0.05, 0.1) is 11.9 Å². The van der Waals surface area contributed by atoms with Crippen molar-refractivity contribution >= 4 is 11.9 Å². The molecule has 0 fully saturated rings. The van der Waals surface area contributed by atoms with Crippen LogP contribution in [0.1, 0.15) is 20.8 Å². The number of hydrogen-bond acceptors (Lipinski definition) is 5. The molecule has 0 bridgehead atoms. The molecule has 0 aromatic rings. The van der Waals surface area contributed by atoms with Crippen LogP contribution in [0.5, 0.6) is 0 Å². The summed E-state index contributed by atoms with van der Waals surface area (Å²) in [5, 5.41) is 4.82. The highest BCUT2D eigenvalue weighted by atomic mass is 16.5. The summed E-state index contributed by atoms with van der Waals surface area (Å²) in [6.07, 6.45) is 0. The zero-order chi connectivity index (χ0) is 12.6. The predicted octanol–water partition coefficient (Wildman–Crippen LogP) is -0.0387. The number of amides is 1. The van der Waals surface area contributed by atoms with Crippen molar-refractivity contribution in [3.05, 3.63) is 4.91 Å². The lowest BCUT2D eigenvalue weighted by atomic mass is 10.0. The van der Waals surface area contributed by atoms with Crippen molar-refractivity contribution in [2.45, 2.75) is 26.8 Å². The number of hydrogen-bond donors (Lipinski definition) is 2. The molecule has 0 aliphatic rings. The van der Waals surface area contributed by atoms with Gasteiger partial charge in [0.25, 0.3) is 0 Å². The van der Waals surface area contributed by atoms with Crippen LogP contribution in [0.3, 0.4) is 0 Å². The van der Waals surface area contributed by atoms with Gasteiger partial charge >= 0.3 is 5.97 Å². The van der Waals surface area contributed by atoms with Crippen LogP contribution in [0.25, 0.3) is 0 Å². The largest absolute Gasteiger partial charge is 0.465 e. The predicted molar refractivity (Wildman–Crippen MR) is 57.2 cm³/mol. The van der Waals surface area contributed by atoms with E-state index in [9.17, 15) is 14.5 Å². The van der Waals surface area contributed by atoms with Crippen molar-refractivity contribution in [1.29, 1.82) is 0 Å². The number of esters is 1. The van der Waals surface area contributed by atoms with Crippen LogP contribution in [0, 0.1) is 10.8 Å². The lowest BCUT2D eigenvalue weighted by Gasteiger charge is -2.17. The molecule has 0 heterocycles. The molecule has 92 valence electrons. The number of carbonyl (C=O) groups excluding carboxylic acids is 2. The van der Waals surface area contributed by atoms with E-state index < -0.39 is 17.9 Å². The van der Waals surface area contributed by atoms with Crippen LogP contribution >= 0.6 is 0 Å². The molecule has 1 atom stereocenters. The number of ether oxygens (including phenoxy) is 1. The molecule has 0 saturated carbocycles. The Bertz CT molecular complexity index is 255. The van der Waals surface area contributed by atoms with Crippen molar-refractivity contribution in [2.24, 2.45) is 11.2 Å². The van der Waals surface area contributed by atoms with Gasteiger partial charge in [-0.15, -0.1) is 4.91 Å². The highest BCUT2D eigenvalue weighted by Crippen LogP contribution is 2.01. The standard InChI is InChI=1S/C9H17N3O4/c1-4-16-7(13)5-10-9(14)8(6(2)3)11-12-15/h6,8H,4-5H2,1-3H3,(H,10,14)(H,11,15). The minimum atomic E-state index is -0.744. The van der Waals surface area contributed by atoms with Crippen LogP contribution in [-0.2, 0) is 14.3 Å². The molecular weight excluding hydrogens is 214 g/mol. The fourth-order valence-electron chi connectivity index (χ4n) is 1.05. The lowest BCUT2D eigenvalue weighted by Crippen LogP contribution is -2.46. The zero-order valence-electron chi connectivity index (χ0n) is 9.65. The first-order valence-corrected chi connectivity index (χ1v) is 5.04. The zero-order valence-corrected chi connectivity index (χ0v) is 9.65. The molecule has 0 rings (SSSR count). The molecule has 0 aromatic carbocycles. The number of nitrogens with one attached hydrogen (secondary N) is 2. The molecule has 0 aromatic heterocycles. The second kappa shape index (κ2) is 7.61. The van der Waals surface area contributed by atoms with Gasteiger partial charge in [-0.1, -0.05) is 13.8 Å². The van der Waals surface area contributed by atoms with Crippen LogP contribution < -0.4 is 10.7 Å². The van der Waals surface area contributed by atoms with Crippen LogP contribution in [0.4, 0.5) is 0 Å². The third-order valence-corrected chi connectivity index (χ3v) is 1.85. The first kappa shape index (κ1) is 14.3. The van der Waals surface area contributed by atoms with E-state index in [1.807, 2.05) is 0 Å². The number of nitroso groups, excluding NO2 is 1. The molecule has 0 radical (unpaired) electrons. The first-order chi connectivity index (χ1) is 7.52. The minimum Gasteiger partial charge on any atom is -0.465 e. The van der Waals surface area contributed by atoms with Gasteiger partial charge in [-0.05, 0) is 12.8 Å². The van der Waals surface area contributed by atoms with Gasteiger partial charge in [-0.25, -0.2) is 0 Å². The van der Waals surface area contributed by atoms with Crippen molar-refractivity contribution in [2.75, 3.05) is 13.2 Å². The van der Waals surface area contributed by atoms with E-state index in [2.05, 4.69) is 20.8 Å². The van der Waals surface area contributed by atoms with Gasteiger partial charge < -0.3 is 10.1 Å². The van der Waals surface area contributed by atoms with E-state index in [1.165, 1.54) is 0 Å². The highest BCUT2D eigenvalue weighted by Gasteiger charge is 2.22. The Morgan fingerprint density at radius 2 is 2.00 bits per heavy atom. The third kappa shape index (κ3) is 5.28. The fraction of sp³-hybridized carbons (Fsp3) is 0.778. The molecule has 0 saturated heterocycles. The van der Waals surface area contributed by atoms with Crippen LogP contribution in [0.2, 0.25) is 0 Å². The summed E-state index contributed by atoms with van der Waals surface area (Å²) >= 11 is 0. The van der Waals surface area contributed by atoms with Gasteiger partial charge in [-0.3, -0.25) is 15.0 Å². The lowest BCUT2D eigenvalue weighted by molar-refractivity contribution is -0.143. The first-order valence-electron chi connectivity index (χ1n) is 5.04. The summed E-state index contributed by atoms with van der Waals surface area (Å²) < 4.78 is 4.63. The van der Waals surface area contributed by atoms with Gasteiger partial charge in [0, 0.05) is 0 Å². The van der Waals surface area contributed by atoms with E-state index in [4.69, 9.17) is 0 Å². The van der Waals surface area contributed by atoms with Gasteiger partial charge in [-0.2, -0.15) is 0 Å². The Morgan fingerprint density at radius 1 is 1.38 bits per heavy atom. The normalized spacial score (nSPS) is 11.8. The summed E-state index contributed by atoms with van der Waals surface area (Å²) in [6, 6.07) is -0.744. The van der Waals surface area contributed by atoms with E-state index in [0.29, 0.717) is 0 Å². The topological polar surface area (TPSA) is 96.9 Å². The summed E-state index contributed by atoms with van der Waals surface area (Å²) in [7, 11) is 0. The maximum Gasteiger partial charge on any atom is 0.325 e. The van der Waals surface area contributed by atoms with Gasteiger partial charge in [0.1, 0.15) is 12.6 Å². The number of carbonyl (C=O) groups is 2. The summed E-state index contributed by atoms with van der Waals surface area (Å²) in [6.45, 7) is 5.24. The average Bonchev–Trinajstić information content (AvgIpc) is 2.22. The summed E-state index contributed by atoms with van der Waals surface area (Å²) in [5.74, 6) is -1.08. The molecule has 1 amide bonds. The molecule has 0 spiro atoms.